The van der Waals surface area contributed by atoms with Gasteiger partial charge in [-0.05, 0) is 0 Å². The van der Waals surface area contributed by atoms with Crippen LogP contribution in [0, 0.1) is 0 Å². The van der Waals surface area contributed by atoms with Gasteiger partial charge < -0.3 is 15.4 Å². The number of β-amino-alcohol motifs (C(OH)–C–C–N with tert-alkyl or cyclic N) is 1. The van der Waals surface area contributed by atoms with Crippen LogP contribution in [0.25, 0.3) is 0 Å². The molecular weight excluding hydrogens is 144 g/mol. The maximum absolute atomic E-state index is 9.41. The number of aliphatic hydroxyl groups is 1. The molecule has 1 aromatic heterocycles. The van der Waals surface area contributed by atoms with Crippen molar-refractivity contribution in [1.82, 2.24) is 15.3 Å². The van der Waals surface area contributed by atoms with E-state index in [1.165, 1.54) is 6.33 Å². The van der Waals surface area contributed by atoms with Gasteiger partial charge in [0, 0.05) is 6.54 Å². The molecule has 0 aromatic carbocycles. The summed E-state index contributed by atoms with van der Waals surface area (Å²) in [5.41, 5.74) is 0.603. The number of imidazole rings is 1. The number of H-pyrrole nitrogens is 1. The van der Waals surface area contributed by atoms with E-state index < -0.39 is 6.10 Å². The fourth-order valence-corrected chi connectivity index (χ4v) is 1.02. The Bertz CT molecular complexity index is 280. The van der Waals surface area contributed by atoms with Crippen LogP contribution in [0.2, 0.25) is 0 Å². The number of nitrogens with zero attached hydrogens (tertiary/aromatic N) is 2. The Balaban J connectivity index is 2.44. The summed E-state index contributed by atoms with van der Waals surface area (Å²) < 4.78 is 0. The Morgan fingerprint density at radius 2 is 2.55 bits per heavy atom. The fourth-order valence-electron chi connectivity index (χ4n) is 1.02. The molecule has 2 heterocycles. The van der Waals surface area contributed by atoms with Crippen LogP contribution < -0.4 is 5.32 Å². The number of aliphatic imine (C=N–C) groups is 1. The number of nitrogens with one attached hydrogen (secondary N) is 2. The molecule has 5 nitrogen and oxygen atoms in total. The molecule has 1 aromatic rings. The summed E-state index contributed by atoms with van der Waals surface area (Å²) in [6, 6.07) is 0. The van der Waals surface area contributed by atoms with E-state index in [9.17, 15) is 5.11 Å². The topological polar surface area (TPSA) is 73.3 Å². The van der Waals surface area contributed by atoms with Crippen molar-refractivity contribution in [2.24, 2.45) is 4.99 Å². The number of aromatic amines is 1. The average Bonchev–Trinajstić information content (AvgIpc) is 2.40. The van der Waals surface area contributed by atoms with Gasteiger partial charge in [0.15, 0.2) is 5.82 Å². The molecule has 1 aliphatic heterocycles. The van der Waals surface area contributed by atoms with Gasteiger partial charge in [0.05, 0.1) is 12.7 Å². The second-order valence-corrected chi connectivity index (χ2v) is 2.32. The highest BCUT2D eigenvalue weighted by molar-refractivity contribution is 5.61. The molecule has 1 atom stereocenters. The van der Waals surface area contributed by atoms with Crippen LogP contribution in [0.15, 0.2) is 11.3 Å². The summed E-state index contributed by atoms with van der Waals surface area (Å²) in [5, 5.41) is 12.2. The van der Waals surface area contributed by atoms with E-state index in [2.05, 4.69) is 20.3 Å². The molecule has 0 fully saturated rings. The van der Waals surface area contributed by atoms with Gasteiger partial charge in [-0.15, -0.1) is 0 Å². The van der Waals surface area contributed by atoms with Gasteiger partial charge in [-0.1, -0.05) is 0 Å². The lowest BCUT2D eigenvalue weighted by atomic mass is 10.2. The Morgan fingerprint density at radius 1 is 1.64 bits per heavy atom. The first-order chi connectivity index (χ1) is 5.38. The van der Waals surface area contributed by atoms with Crippen molar-refractivity contribution >= 4 is 12.2 Å². The van der Waals surface area contributed by atoms with Gasteiger partial charge in [0.25, 0.3) is 0 Å². The van der Waals surface area contributed by atoms with Crippen molar-refractivity contribution < 1.29 is 5.11 Å². The van der Waals surface area contributed by atoms with Crippen molar-refractivity contribution in [3.63, 3.8) is 0 Å². The predicted molar refractivity (Wildman–Crippen MR) is 39.7 cm³/mol. The van der Waals surface area contributed by atoms with E-state index in [0.717, 1.165) is 0 Å². The Kier molecular flexibility index (Phi) is 1.36. The Hall–Kier alpha value is -1.36. The second kappa shape index (κ2) is 2.35. The normalized spacial score (nSPS) is 22.1. The van der Waals surface area contributed by atoms with Gasteiger partial charge in [-0.2, -0.15) is 0 Å². The molecule has 0 saturated carbocycles. The van der Waals surface area contributed by atoms with E-state index >= 15 is 0 Å². The zero-order valence-electron chi connectivity index (χ0n) is 5.78. The highest BCUT2D eigenvalue weighted by Crippen LogP contribution is 2.21. The molecule has 1 aliphatic rings. The van der Waals surface area contributed by atoms with Crippen LogP contribution in [0.3, 0.4) is 0 Å². The van der Waals surface area contributed by atoms with Gasteiger partial charge in [0.2, 0.25) is 0 Å². The zero-order chi connectivity index (χ0) is 7.68. The molecule has 0 radical (unpaired) electrons. The highest BCUT2D eigenvalue weighted by Gasteiger charge is 2.15. The predicted octanol–water partition coefficient (Wildman–Crippen LogP) is -0.294. The summed E-state index contributed by atoms with van der Waals surface area (Å²) in [5.74, 6) is 0.627. The number of fused-ring (bicyclic) bond motifs is 1. The molecule has 11 heavy (non-hydrogen) atoms. The minimum Gasteiger partial charge on any atom is -0.385 e. The SMILES string of the molecule is O[C@@H]1CNC=Nc2[nH]cnc21. The first-order valence-electron chi connectivity index (χ1n) is 3.35. The first-order valence-corrected chi connectivity index (χ1v) is 3.35. The average molecular weight is 152 g/mol. The Labute approximate surface area is 63.2 Å². The number of aliphatic hydroxyl groups excluding tert-OH is 1. The largest absolute Gasteiger partial charge is 0.385 e. The molecule has 0 bridgehead atoms. The molecule has 0 amide bonds. The van der Waals surface area contributed by atoms with E-state index in [1.54, 1.807) is 6.34 Å². The van der Waals surface area contributed by atoms with Gasteiger partial charge >= 0.3 is 0 Å². The molecule has 58 valence electrons. The summed E-state index contributed by atoms with van der Waals surface area (Å²) in [7, 11) is 0. The van der Waals surface area contributed by atoms with Crippen LogP contribution in [0.1, 0.15) is 11.8 Å². The van der Waals surface area contributed by atoms with Crippen LogP contribution in [-0.2, 0) is 0 Å². The maximum atomic E-state index is 9.41. The minimum absolute atomic E-state index is 0.460. The van der Waals surface area contributed by atoms with Crippen molar-refractivity contribution in [3.05, 3.63) is 12.0 Å². The van der Waals surface area contributed by atoms with Crippen molar-refractivity contribution in [1.29, 1.82) is 0 Å². The molecule has 0 saturated heterocycles. The van der Waals surface area contributed by atoms with Crippen LogP contribution in [0.4, 0.5) is 5.82 Å². The van der Waals surface area contributed by atoms with E-state index in [4.69, 9.17) is 0 Å². The van der Waals surface area contributed by atoms with Crippen LogP contribution >= 0.6 is 0 Å². The standard InChI is InChI=1S/C6H8N4O/c11-4-1-7-2-9-6-5(4)8-3-10-6/h2-4,11H,1H2,(H,7,9)(H,8,10)/t4-/m1/s1. The summed E-state index contributed by atoms with van der Waals surface area (Å²) in [4.78, 5) is 10.7. The quantitative estimate of drug-likeness (QED) is 0.478. The molecule has 0 aliphatic carbocycles. The first kappa shape index (κ1) is 6.36. The number of aromatic nitrogens is 2. The van der Waals surface area contributed by atoms with Crippen molar-refractivity contribution in [2.45, 2.75) is 6.10 Å². The van der Waals surface area contributed by atoms with E-state index in [-0.39, 0.29) is 0 Å². The summed E-state index contributed by atoms with van der Waals surface area (Å²) in [6.07, 6.45) is 2.50. The maximum Gasteiger partial charge on any atom is 0.157 e. The zero-order valence-corrected chi connectivity index (χ0v) is 5.78. The van der Waals surface area contributed by atoms with Gasteiger partial charge in [-0.3, -0.25) is 0 Å². The number of rotatable bonds is 0. The van der Waals surface area contributed by atoms with Gasteiger partial charge in [-0.25, -0.2) is 9.98 Å². The van der Waals surface area contributed by atoms with Crippen LogP contribution in [0.5, 0.6) is 0 Å². The molecular formula is C6H8N4O. The third-order valence-electron chi connectivity index (χ3n) is 1.56. The summed E-state index contributed by atoms with van der Waals surface area (Å²) >= 11 is 0. The Morgan fingerprint density at radius 3 is 3.45 bits per heavy atom. The molecule has 2 rings (SSSR count). The van der Waals surface area contributed by atoms with E-state index in [0.29, 0.717) is 18.1 Å². The molecule has 0 spiro atoms. The third kappa shape index (κ3) is 0.988. The number of hydrogen-bond acceptors (Lipinski definition) is 4. The second-order valence-electron chi connectivity index (χ2n) is 2.32. The minimum atomic E-state index is -0.571. The third-order valence-corrected chi connectivity index (χ3v) is 1.56. The fraction of sp³-hybridized carbons (Fsp3) is 0.333. The van der Waals surface area contributed by atoms with Crippen molar-refractivity contribution in [2.75, 3.05) is 6.54 Å². The smallest absolute Gasteiger partial charge is 0.157 e. The monoisotopic (exact) mass is 152 g/mol. The molecule has 0 unspecified atom stereocenters. The lowest BCUT2D eigenvalue weighted by Gasteiger charge is -2.03. The van der Waals surface area contributed by atoms with E-state index in [1.807, 2.05) is 0 Å². The number of hydrogen-bond donors (Lipinski definition) is 3. The van der Waals surface area contributed by atoms with Gasteiger partial charge in [0.1, 0.15) is 11.8 Å². The lowest BCUT2D eigenvalue weighted by molar-refractivity contribution is 0.179. The molecule has 5 heteroatoms. The lowest BCUT2D eigenvalue weighted by Crippen LogP contribution is -2.17. The summed E-state index contributed by atoms with van der Waals surface area (Å²) in [6.45, 7) is 0.460. The van der Waals surface area contributed by atoms with Crippen LogP contribution in [-0.4, -0.2) is 28.0 Å². The highest BCUT2D eigenvalue weighted by atomic mass is 16.3. The molecule has 3 N–H and O–H groups in total. The van der Waals surface area contributed by atoms with Crippen molar-refractivity contribution in [3.8, 4) is 0 Å².